The Morgan fingerprint density at radius 1 is 1.06 bits per heavy atom. The number of hydrogen-bond acceptors (Lipinski definition) is 3. The van der Waals surface area contributed by atoms with Crippen molar-refractivity contribution in [2.45, 2.75) is 58.9 Å². The van der Waals surface area contributed by atoms with E-state index in [1.54, 1.807) is 0 Å². The molecule has 0 aliphatic carbocycles. The fourth-order valence-electron chi connectivity index (χ4n) is 1.39. The van der Waals surface area contributed by atoms with E-state index in [0.29, 0.717) is 6.42 Å². The van der Waals surface area contributed by atoms with Crippen LogP contribution in [0.25, 0.3) is 0 Å². The van der Waals surface area contributed by atoms with Crippen LogP contribution in [-0.2, 0) is 10.0 Å². The smallest absolute Gasteiger partial charge is 0.212 e. The van der Waals surface area contributed by atoms with Crippen LogP contribution in [-0.4, -0.2) is 32.8 Å². The first kappa shape index (κ1) is 16.9. The monoisotopic (exact) mass is 264 g/mol. The van der Waals surface area contributed by atoms with E-state index in [9.17, 15) is 8.42 Å². The van der Waals surface area contributed by atoms with Crippen molar-refractivity contribution in [3.8, 4) is 0 Å². The zero-order chi connectivity index (χ0) is 13.4. The first-order chi connectivity index (χ1) is 7.83. The van der Waals surface area contributed by atoms with Gasteiger partial charge in [0, 0.05) is 5.54 Å². The van der Waals surface area contributed by atoms with Crippen molar-refractivity contribution in [3.63, 3.8) is 0 Å². The highest BCUT2D eigenvalue weighted by atomic mass is 32.2. The summed E-state index contributed by atoms with van der Waals surface area (Å²) in [7, 11) is -3.12. The van der Waals surface area contributed by atoms with Crippen LogP contribution in [0.5, 0.6) is 0 Å². The van der Waals surface area contributed by atoms with Gasteiger partial charge in [0.25, 0.3) is 0 Å². The number of sulfonamides is 1. The van der Waals surface area contributed by atoms with Crippen molar-refractivity contribution in [2.24, 2.45) is 0 Å². The van der Waals surface area contributed by atoms with E-state index in [4.69, 9.17) is 0 Å². The van der Waals surface area contributed by atoms with Crippen LogP contribution >= 0.6 is 0 Å². The molecule has 0 radical (unpaired) electrons. The van der Waals surface area contributed by atoms with Crippen LogP contribution in [0.3, 0.4) is 0 Å². The Morgan fingerprint density at radius 3 is 2.24 bits per heavy atom. The van der Waals surface area contributed by atoms with Crippen LogP contribution in [0.1, 0.15) is 53.4 Å². The highest BCUT2D eigenvalue weighted by molar-refractivity contribution is 7.89. The van der Waals surface area contributed by atoms with Crippen molar-refractivity contribution in [1.29, 1.82) is 0 Å². The molecule has 0 unspecified atom stereocenters. The van der Waals surface area contributed by atoms with Gasteiger partial charge in [-0.05, 0) is 52.6 Å². The Balaban J connectivity index is 3.80. The Hall–Kier alpha value is -0.130. The van der Waals surface area contributed by atoms with E-state index in [0.717, 1.165) is 32.4 Å². The number of nitrogens with one attached hydrogen (secondary N) is 2. The van der Waals surface area contributed by atoms with Gasteiger partial charge in [-0.15, -0.1) is 0 Å². The maximum Gasteiger partial charge on any atom is 0.212 e. The van der Waals surface area contributed by atoms with E-state index >= 15 is 0 Å². The maximum atomic E-state index is 11.8. The summed E-state index contributed by atoms with van der Waals surface area (Å²) in [4.78, 5) is 0. The van der Waals surface area contributed by atoms with Crippen LogP contribution in [0.2, 0.25) is 0 Å². The van der Waals surface area contributed by atoms with Gasteiger partial charge in [-0.3, -0.25) is 0 Å². The minimum absolute atomic E-state index is 0.226. The highest BCUT2D eigenvalue weighted by Crippen LogP contribution is 2.09. The molecule has 0 aromatic heterocycles. The number of hydrogen-bond donors (Lipinski definition) is 2. The second kappa shape index (κ2) is 8.06. The summed E-state index contributed by atoms with van der Waals surface area (Å²) in [5.41, 5.74) is -0.334. The van der Waals surface area contributed by atoms with Crippen LogP contribution < -0.4 is 10.0 Å². The molecule has 0 aromatic rings. The quantitative estimate of drug-likeness (QED) is 0.592. The molecule has 0 heterocycles. The van der Waals surface area contributed by atoms with Crippen LogP contribution in [0, 0.1) is 0 Å². The molecule has 0 fully saturated rings. The maximum absolute atomic E-state index is 11.8. The Labute approximate surface area is 107 Å². The van der Waals surface area contributed by atoms with Gasteiger partial charge in [-0.25, -0.2) is 13.1 Å². The second-order valence-electron chi connectivity index (χ2n) is 5.12. The summed E-state index contributed by atoms with van der Waals surface area (Å²) < 4.78 is 26.3. The molecule has 2 N–H and O–H groups in total. The van der Waals surface area contributed by atoms with Crippen molar-refractivity contribution < 1.29 is 8.42 Å². The first-order valence-corrected chi connectivity index (χ1v) is 8.20. The van der Waals surface area contributed by atoms with Gasteiger partial charge in [0.1, 0.15) is 0 Å². The average Bonchev–Trinajstić information content (AvgIpc) is 2.22. The first-order valence-electron chi connectivity index (χ1n) is 6.55. The van der Waals surface area contributed by atoms with E-state index < -0.39 is 10.0 Å². The molecule has 4 nitrogen and oxygen atoms in total. The van der Waals surface area contributed by atoms with Gasteiger partial charge < -0.3 is 5.32 Å². The molecule has 5 heteroatoms. The summed E-state index contributed by atoms with van der Waals surface area (Å²) in [5.74, 6) is 0.226. The molecule has 0 saturated heterocycles. The molecular formula is C12H28N2O2S. The molecule has 0 amide bonds. The fourth-order valence-corrected chi connectivity index (χ4v) is 3.06. The van der Waals surface area contributed by atoms with Crippen molar-refractivity contribution >= 4 is 10.0 Å². The lowest BCUT2D eigenvalue weighted by Gasteiger charge is -2.24. The Morgan fingerprint density at radius 2 is 1.71 bits per heavy atom. The molecule has 0 aliphatic heterocycles. The molecule has 0 saturated carbocycles. The predicted octanol–water partition coefficient (Wildman–Crippen LogP) is 1.87. The lowest BCUT2D eigenvalue weighted by atomic mass is 10.0. The summed E-state index contributed by atoms with van der Waals surface area (Å²) in [6.45, 7) is 9.83. The zero-order valence-corrected chi connectivity index (χ0v) is 12.5. The number of unbranched alkanes of at least 4 members (excludes halogenated alkanes) is 1. The summed E-state index contributed by atoms with van der Waals surface area (Å²) in [6.07, 6.45) is 3.54. The third kappa shape index (κ3) is 9.56. The molecule has 0 atom stereocenters. The van der Waals surface area contributed by atoms with Crippen molar-refractivity contribution in [2.75, 3.05) is 18.8 Å². The van der Waals surface area contributed by atoms with Gasteiger partial charge in [0.15, 0.2) is 0 Å². The number of rotatable bonds is 10. The molecule has 0 spiro atoms. The molecule has 0 aromatic carbocycles. The van der Waals surface area contributed by atoms with Gasteiger partial charge in [0.05, 0.1) is 5.75 Å². The molecule has 17 heavy (non-hydrogen) atoms. The standard InChI is InChI=1S/C12H28N2O2S/c1-5-9-13-10-7-8-11-17(15,16)14-12(3,4)6-2/h13-14H,5-11H2,1-4H3. The van der Waals surface area contributed by atoms with Crippen molar-refractivity contribution in [3.05, 3.63) is 0 Å². The van der Waals surface area contributed by atoms with Gasteiger partial charge in [0.2, 0.25) is 10.0 Å². The SMILES string of the molecule is CCCNCCCCS(=O)(=O)NC(C)(C)CC. The Kier molecular flexibility index (Phi) is 8.00. The molecule has 0 rings (SSSR count). The molecule has 0 bridgehead atoms. The third-order valence-electron chi connectivity index (χ3n) is 2.76. The lowest BCUT2D eigenvalue weighted by molar-refractivity contribution is 0.438. The van der Waals surface area contributed by atoms with E-state index in [1.165, 1.54) is 0 Å². The molecular weight excluding hydrogens is 236 g/mol. The molecule has 0 aliphatic rings. The van der Waals surface area contributed by atoms with E-state index in [1.807, 2.05) is 20.8 Å². The fraction of sp³-hybridized carbons (Fsp3) is 1.00. The zero-order valence-electron chi connectivity index (χ0n) is 11.7. The minimum Gasteiger partial charge on any atom is -0.317 e. The lowest BCUT2D eigenvalue weighted by Crippen LogP contribution is -2.43. The highest BCUT2D eigenvalue weighted by Gasteiger charge is 2.22. The predicted molar refractivity (Wildman–Crippen MR) is 73.7 cm³/mol. The van der Waals surface area contributed by atoms with Gasteiger partial charge >= 0.3 is 0 Å². The van der Waals surface area contributed by atoms with E-state index in [2.05, 4.69) is 17.0 Å². The topological polar surface area (TPSA) is 58.2 Å². The van der Waals surface area contributed by atoms with Crippen LogP contribution in [0.15, 0.2) is 0 Å². The van der Waals surface area contributed by atoms with Crippen molar-refractivity contribution in [1.82, 2.24) is 10.0 Å². The van der Waals surface area contributed by atoms with E-state index in [-0.39, 0.29) is 11.3 Å². The van der Waals surface area contributed by atoms with Gasteiger partial charge in [-0.2, -0.15) is 0 Å². The summed E-state index contributed by atoms with van der Waals surface area (Å²) >= 11 is 0. The normalized spacial score (nSPS) is 12.9. The van der Waals surface area contributed by atoms with Gasteiger partial charge in [-0.1, -0.05) is 13.8 Å². The third-order valence-corrected chi connectivity index (χ3v) is 4.45. The summed E-state index contributed by atoms with van der Waals surface area (Å²) in [6, 6.07) is 0. The Bertz CT molecular complexity index is 287. The molecule has 104 valence electrons. The minimum atomic E-state index is -3.12. The second-order valence-corrected chi connectivity index (χ2v) is 6.96. The largest absolute Gasteiger partial charge is 0.317 e. The summed E-state index contributed by atoms with van der Waals surface area (Å²) in [5, 5.41) is 3.27. The average molecular weight is 264 g/mol. The van der Waals surface area contributed by atoms with Crippen LogP contribution in [0.4, 0.5) is 0 Å².